The Labute approximate surface area is 176 Å². The zero-order valence-electron chi connectivity index (χ0n) is 17.6. The zero-order chi connectivity index (χ0) is 20.5. The fraction of sp³-hybridized carbons (Fsp3) is 0.684. The van der Waals surface area contributed by atoms with Crippen LogP contribution in [0.25, 0.3) is 0 Å². The lowest BCUT2D eigenvalue weighted by molar-refractivity contribution is 0.0376. The maximum absolute atomic E-state index is 5.41. The van der Waals surface area contributed by atoms with Gasteiger partial charge in [-0.15, -0.1) is 21.5 Å². The van der Waals surface area contributed by atoms with Crippen LogP contribution in [-0.4, -0.2) is 76.5 Å². The molecule has 0 saturated carbocycles. The van der Waals surface area contributed by atoms with Crippen molar-refractivity contribution in [2.75, 3.05) is 45.9 Å². The summed E-state index contributed by atoms with van der Waals surface area (Å²) in [5.74, 6) is 2.55. The van der Waals surface area contributed by atoms with Crippen LogP contribution in [0.1, 0.15) is 28.0 Å². The van der Waals surface area contributed by atoms with Gasteiger partial charge in [-0.25, -0.2) is 9.98 Å². The second-order valence-corrected chi connectivity index (χ2v) is 8.48. The minimum Gasteiger partial charge on any atom is -0.379 e. The van der Waals surface area contributed by atoms with Crippen LogP contribution >= 0.6 is 11.3 Å². The highest BCUT2D eigenvalue weighted by molar-refractivity contribution is 7.11. The minimum absolute atomic E-state index is 0.493. The van der Waals surface area contributed by atoms with Crippen molar-refractivity contribution < 1.29 is 4.74 Å². The van der Waals surface area contributed by atoms with Crippen LogP contribution in [0.4, 0.5) is 0 Å². The van der Waals surface area contributed by atoms with Gasteiger partial charge in [-0.2, -0.15) is 0 Å². The van der Waals surface area contributed by atoms with Crippen LogP contribution in [0.5, 0.6) is 0 Å². The van der Waals surface area contributed by atoms with Crippen LogP contribution in [0.15, 0.2) is 11.2 Å². The molecule has 0 bridgehead atoms. The first-order chi connectivity index (χ1) is 14.1. The largest absolute Gasteiger partial charge is 0.379 e. The maximum atomic E-state index is 5.41. The van der Waals surface area contributed by atoms with Gasteiger partial charge in [-0.05, 0) is 26.8 Å². The number of hydrogen-bond donors (Lipinski definition) is 2. The van der Waals surface area contributed by atoms with Crippen LogP contribution in [-0.2, 0) is 24.8 Å². The Kier molecular flexibility index (Phi) is 8.38. The van der Waals surface area contributed by atoms with Gasteiger partial charge in [0.2, 0.25) is 0 Å². The molecular weight excluding hydrogens is 388 g/mol. The summed E-state index contributed by atoms with van der Waals surface area (Å²) in [7, 11) is 1.97. The van der Waals surface area contributed by atoms with Gasteiger partial charge in [-0.3, -0.25) is 4.90 Å². The van der Waals surface area contributed by atoms with Gasteiger partial charge in [0.05, 0.1) is 18.2 Å². The molecule has 10 heteroatoms. The zero-order valence-corrected chi connectivity index (χ0v) is 18.5. The quantitative estimate of drug-likeness (QED) is 0.354. The van der Waals surface area contributed by atoms with Crippen LogP contribution < -0.4 is 10.6 Å². The molecule has 2 N–H and O–H groups in total. The summed E-state index contributed by atoms with van der Waals surface area (Å²) in [6.07, 6.45) is 3.88. The molecule has 0 spiro atoms. The first kappa shape index (κ1) is 21.7. The summed E-state index contributed by atoms with van der Waals surface area (Å²) in [6, 6.07) is 0. The van der Waals surface area contributed by atoms with Crippen molar-refractivity contribution >= 4 is 17.3 Å². The molecule has 1 aliphatic heterocycles. The summed E-state index contributed by atoms with van der Waals surface area (Å²) >= 11 is 1.74. The topological polar surface area (TPSA) is 92.5 Å². The summed E-state index contributed by atoms with van der Waals surface area (Å²) < 4.78 is 7.38. The third-order valence-corrected chi connectivity index (χ3v) is 5.88. The molecule has 29 heavy (non-hydrogen) atoms. The van der Waals surface area contributed by atoms with Crippen LogP contribution in [0, 0.1) is 13.8 Å². The normalized spacial score (nSPS) is 15.6. The smallest absolute Gasteiger partial charge is 0.191 e. The van der Waals surface area contributed by atoms with Crippen molar-refractivity contribution in [2.45, 2.75) is 33.2 Å². The van der Waals surface area contributed by atoms with E-state index in [-0.39, 0.29) is 0 Å². The van der Waals surface area contributed by atoms with E-state index in [0.717, 1.165) is 81.4 Å². The monoisotopic (exact) mass is 420 g/mol. The minimum atomic E-state index is 0.493. The lowest BCUT2D eigenvalue weighted by Crippen LogP contribution is -2.41. The number of aryl methyl sites for hydroxylation is 2. The molecule has 2 aromatic heterocycles. The lowest BCUT2D eigenvalue weighted by Gasteiger charge is -2.26. The van der Waals surface area contributed by atoms with Crippen LogP contribution in [0.2, 0.25) is 0 Å². The summed E-state index contributed by atoms with van der Waals surface area (Å²) in [6.45, 7) is 11.0. The first-order valence-corrected chi connectivity index (χ1v) is 11.0. The highest BCUT2D eigenvalue weighted by Gasteiger charge is 2.10. The van der Waals surface area contributed by atoms with Gasteiger partial charge >= 0.3 is 0 Å². The van der Waals surface area contributed by atoms with Crippen molar-refractivity contribution in [3.63, 3.8) is 0 Å². The van der Waals surface area contributed by atoms with E-state index < -0.39 is 0 Å². The number of hydrogen-bond acceptors (Lipinski definition) is 7. The highest BCUT2D eigenvalue weighted by Crippen LogP contribution is 2.10. The molecule has 0 radical (unpaired) electrons. The molecule has 1 fully saturated rings. The van der Waals surface area contributed by atoms with Crippen molar-refractivity contribution in [1.29, 1.82) is 0 Å². The molecule has 9 nitrogen and oxygen atoms in total. The number of morpholine rings is 1. The molecule has 0 atom stereocenters. The van der Waals surface area contributed by atoms with Gasteiger partial charge in [0.25, 0.3) is 0 Å². The Hall–Kier alpha value is -2.04. The maximum Gasteiger partial charge on any atom is 0.191 e. The van der Waals surface area contributed by atoms with Gasteiger partial charge in [-0.1, -0.05) is 0 Å². The first-order valence-electron chi connectivity index (χ1n) is 10.2. The van der Waals surface area contributed by atoms with Crippen molar-refractivity contribution in [1.82, 2.24) is 35.3 Å². The van der Waals surface area contributed by atoms with Crippen molar-refractivity contribution in [3.05, 3.63) is 27.7 Å². The SMILES string of the molecule is Cc1cnc(CCNC(=NCc2nnc(C)n2C)NCCCN2CCOCC2)s1. The predicted molar refractivity (Wildman–Crippen MR) is 115 cm³/mol. The molecule has 0 amide bonds. The van der Waals surface area contributed by atoms with Gasteiger partial charge < -0.3 is 19.9 Å². The van der Waals surface area contributed by atoms with Crippen molar-refractivity contribution in [3.8, 4) is 0 Å². The average Bonchev–Trinajstić information content (AvgIpc) is 3.29. The fourth-order valence-corrected chi connectivity index (χ4v) is 3.84. The van der Waals surface area contributed by atoms with E-state index in [0.29, 0.717) is 6.54 Å². The molecule has 160 valence electrons. The van der Waals surface area contributed by atoms with E-state index in [9.17, 15) is 0 Å². The fourth-order valence-electron chi connectivity index (χ4n) is 3.05. The van der Waals surface area contributed by atoms with Gasteiger partial charge in [0, 0.05) is 50.7 Å². The Bertz CT molecular complexity index is 781. The number of nitrogens with one attached hydrogen (secondary N) is 2. The van der Waals surface area contributed by atoms with E-state index in [4.69, 9.17) is 9.73 Å². The summed E-state index contributed by atoms with van der Waals surface area (Å²) in [5, 5.41) is 16.3. The molecule has 3 rings (SSSR count). The Morgan fingerprint density at radius 2 is 2.00 bits per heavy atom. The lowest BCUT2D eigenvalue weighted by atomic mass is 10.3. The number of rotatable bonds is 9. The molecular formula is C19H32N8OS. The Morgan fingerprint density at radius 1 is 1.21 bits per heavy atom. The third-order valence-electron chi connectivity index (χ3n) is 4.91. The number of aliphatic imine (C=N–C) groups is 1. The van der Waals surface area contributed by atoms with E-state index in [1.54, 1.807) is 11.3 Å². The molecule has 0 unspecified atom stereocenters. The number of guanidine groups is 1. The van der Waals surface area contributed by atoms with Gasteiger partial charge in [0.15, 0.2) is 11.8 Å². The van der Waals surface area contributed by atoms with Gasteiger partial charge in [0.1, 0.15) is 12.4 Å². The molecule has 3 heterocycles. The molecule has 1 aliphatic rings. The second-order valence-electron chi connectivity index (χ2n) is 7.16. The third kappa shape index (κ3) is 7.06. The van der Waals surface area contributed by atoms with E-state index in [1.165, 1.54) is 4.88 Å². The molecule has 1 saturated heterocycles. The average molecular weight is 421 g/mol. The number of ether oxygens (including phenoxy) is 1. The Balaban J connectivity index is 1.48. The Morgan fingerprint density at radius 3 is 2.69 bits per heavy atom. The second kappa shape index (κ2) is 11.2. The number of nitrogens with zero attached hydrogens (tertiary/aromatic N) is 6. The van der Waals surface area contributed by atoms with Crippen molar-refractivity contribution in [2.24, 2.45) is 12.0 Å². The van der Waals surface area contributed by atoms with Crippen LogP contribution in [0.3, 0.4) is 0 Å². The summed E-state index contributed by atoms with van der Waals surface area (Å²) in [4.78, 5) is 12.8. The number of aromatic nitrogens is 4. The number of thiazole rings is 1. The predicted octanol–water partition coefficient (Wildman–Crippen LogP) is 0.889. The molecule has 0 aromatic carbocycles. The standard InChI is InChI=1S/C19H32N8OS/c1-15-13-22-18(29-15)5-7-21-19(23-14-17-25-24-16(2)26(17)3)20-6-4-8-27-9-11-28-12-10-27/h13H,4-12,14H2,1-3H3,(H2,20,21,23). The highest BCUT2D eigenvalue weighted by atomic mass is 32.1. The van der Waals surface area contributed by atoms with E-state index in [2.05, 4.69) is 37.6 Å². The molecule has 2 aromatic rings. The van der Waals surface area contributed by atoms with E-state index in [1.807, 2.05) is 24.7 Å². The summed E-state index contributed by atoms with van der Waals surface area (Å²) in [5.41, 5.74) is 0. The van der Waals surface area contributed by atoms with E-state index >= 15 is 0 Å². The molecule has 0 aliphatic carbocycles.